The summed E-state index contributed by atoms with van der Waals surface area (Å²) in [6, 6.07) is 0. The minimum atomic E-state index is -2.83. The van der Waals surface area contributed by atoms with Gasteiger partial charge in [0.1, 0.15) is 0 Å². The zero-order valence-electron chi connectivity index (χ0n) is 8.06. The lowest BCUT2D eigenvalue weighted by Gasteiger charge is -2.23. The third kappa shape index (κ3) is 2.54. The van der Waals surface area contributed by atoms with Gasteiger partial charge in [0, 0.05) is 5.70 Å². The Morgan fingerprint density at radius 2 is 2.36 bits per heavy atom. The summed E-state index contributed by atoms with van der Waals surface area (Å²) in [7, 11) is -2.83. The van der Waals surface area contributed by atoms with Crippen molar-refractivity contribution in [3.63, 3.8) is 0 Å². The van der Waals surface area contributed by atoms with Gasteiger partial charge >= 0.3 is 7.60 Å². The highest BCUT2D eigenvalue weighted by atomic mass is 32.2. The first-order chi connectivity index (χ1) is 6.68. The molecule has 1 saturated heterocycles. The van der Waals surface area contributed by atoms with Crippen molar-refractivity contribution in [2.75, 3.05) is 19.4 Å². The van der Waals surface area contributed by atoms with Crippen LogP contribution >= 0.6 is 19.4 Å². The summed E-state index contributed by atoms with van der Waals surface area (Å²) in [5.41, 5.74) is 0.965. The van der Waals surface area contributed by atoms with E-state index in [-0.39, 0.29) is 0 Å². The normalized spacial score (nSPS) is 30.9. The Morgan fingerprint density at radius 1 is 1.64 bits per heavy atom. The molecule has 0 saturated carbocycles. The van der Waals surface area contributed by atoms with Crippen molar-refractivity contribution in [2.24, 2.45) is 0 Å². The smallest absolute Gasteiger partial charge is 0.336 e. The largest absolute Gasteiger partial charge is 0.376 e. The topological polar surface area (TPSA) is 47.6 Å². The average Bonchev–Trinajstić information content (AvgIpc) is 2.51. The lowest BCUT2D eigenvalue weighted by Crippen LogP contribution is -2.20. The highest BCUT2D eigenvalue weighted by Crippen LogP contribution is 2.52. The minimum absolute atomic E-state index is 0.362. The fourth-order valence-electron chi connectivity index (χ4n) is 1.40. The molecular weight excluding hydrogens is 221 g/mol. The van der Waals surface area contributed by atoms with Crippen molar-refractivity contribution in [1.82, 2.24) is 5.32 Å². The summed E-state index contributed by atoms with van der Waals surface area (Å²) in [6.07, 6.45) is 1.21. The minimum Gasteiger partial charge on any atom is -0.376 e. The van der Waals surface area contributed by atoms with Crippen LogP contribution in [-0.4, -0.2) is 24.7 Å². The molecule has 2 aliphatic rings. The second-order valence-corrected chi connectivity index (χ2v) is 6.62. The maximum Gasteiger partial charge on any atom is 0.336 e. The molecule has 14 heavy (non-hydrogen) atoms. The monoisotopic (exact) mass is 235 g/mol. The molecule has 0 aromatic rings. The van der Waals surface area contributed by atoms with Crippen LogP contribution in [0.15, 0.2) is 11.1 Å². The van der Waals surface area contributed by atoms with Crippen molar-refractivity contribution in [2.45, 2.75) is 18.7 Å². The molecular formula is C8H14NO3PS. The van der Waals surface area contributed by atoms with Crippen molar-refractivity contribution < 1.29 is 13.6 Å². The predicted octanol–water partition coefficient (Wildman–Crippen LogP) is 2.14. The SMILES string of the molecule is CC1NC(CP2(=O)OCCCO2)=CS1. The second-order valence-electron chi connectivity index (χ2n) is 3.35. The van der Waals surface area contributed by atoms with Gasteiger partial charge in [-0.3, -0.25) is 4.57 Å². The number of hydrogen-bond acceptors (Lipinski definition) is 5. The molecule has 0 radical (unpaired) electrons. The van der Waals surface area contributed by atoms with Crippen molar-refractivity contribution in [3.8, 4) is 0 Å². The van der Waals surface area contributed by atoms with Gasteiger partial charge in [0.05, 0.1) is 24.7 Å². The fraction of sp³-hybridized carbons (Fsp3) is 0.750. The summed E-state index contributed by atoms with van der Waals surface area (Å²) >= 11 is 1.69. The Balaban J connectivity index is 1.93. The van der Waals surface area contributed by atoms with Gasteiger partial charge in [0.2, 0.25) is 0 Å². The molecule has 0 amide bonds. The van der Waals surface area contributed by atoms with Crippen LogP contribution in [0, 0.1) is 0 Å². The second kappa shape index (κ2) is 4.27. The average molecular weight is 235 g/mol. The van der Waals surface area contributed by atoms with Gasteiger partial charge in [-0.25, -0.2) is 0 Å². The molecule has 0 spiro atoms. The van der Waals surface area contributed by atoms with E-state index in [0.717, 1.165) is 12.1 Å². The number of nitrogens with one attached hydrogen (secondary N) is 1. The molecule has 6 heteroatoms. The molecule has 80 valence electrons. The Labute approximate surface area is 88.0 Å². The third-order valence-corrected chi connectivity index (χ3v) is 4.86. The van der Waals surface area contributed by atoms with E-state index in [0.29, 0.717) is 24.7 Å². The van der Waals surface area contributed by atoms with Crippen LogP contribution in [0.2, 0.25) is 0 Å². The van der Waals surface area contributed by atoms with Gasteiger partial charge in [-0.1, -0.05) is 0 Å². The van der Waals surface area contributed by atoms with E-state index < -0.39 is 7.60 Å². The Morgan fingerprint density at radius 3 is 2.93 bits per heavy atom. The number of thioether (sulfide) groups is 1. The predicted molar refractivity (Wildman–Crippen MR) is 57.3 cm³/mol. The summed E-state index contributed by atoms with van der Waals surface area (Å²) in [4.78, 5) is 0. The molecule has 2 heterocycles. The molecule has 4 nitrogen and oxygen atoms in total. The van der Waals surface area contributed by atoms with E-state index in [1.54, 1.807) is 11.8 Å². The number of rotatable bonds is 2. The Bertz CT molecular complexity index is 284. The third-order valence-electron chi connectivity index (χ3n) is 2.03. The van der Waals surface area contributed by atoms with Crippen LogP contribution in [0.1, 0.15) is 13.3 Å². The van der Waals surface area contributed by atoms with E-state index in [1.165, 1.54) is 0 Å². The van der Waals surface area contributed by atoms with Crippen LogP contribution in [-0.2, 0) is 13.6 Å². The summed E-state index contributed by atoms with van der Waals surface area (Å²) in [6.45, 7) is 3.16. The maximum atomic E-state index is 12.0. The van der Waals surface area contributed by atoms with E-state index in [9.17, 15) is 4.57 Å². The first kappa shape index (κ1) is 10.6. The van der Waals surface area contributed by atoms with Gasteiger partial charge < -0.3 is 14.4 Å². The zero-order valence-corrected chi connectivity index (χ0v) is 9.77. The first-order valence-corrected chi connectivity index (χ1v) is 7.34. The standard InChI is InChI=1S/C8H14NO3PS/c1-7-9-8(6-14-7)5-13(10)11-3-2-4-12-13/h6-7,9H,2-5H2,1H3. The van der Waals surface area contributed by atoms with Gasteiger partial charge in [0.25, 0.3) is 0 Å². The molecule has 1 atom stereocenters. The summed E-state index contributed by atoms with van der Waals surface area (Å²) in [5, 5.41) is 5.57. The Kier molecular flexibility index (Phi) is 3.22. The molecule has 0 aliphatic carbocycles. The van der Waals surface area contributed by atoms with Gasteiger partial charge in [-0.2, -0.15) is 0 Å². The molecule has 1 fully saturated rings. The fourth-order valence-corrected chi connectivity index (χ4v) is 3.93. The quantitative estimate of drug-likeness (QED) is 0.743. The first-order valence-electron chi connectivity index (χ1n) is 4.67. The molecule has 0 aromatic carbocycles. The summed E-state index contributed by atoms with van der Waals surface area (Å²) < 4.78 is 22.4. The molecule has 2 aliphatic heterocycles. The van der Waals surface area contributed by atoms with E-state index in [2.05, 4.69) is 12.2 Å². The van der Waals surface area contributed by atoms with Gasteiger partial charge in [-0.15, -0.1) is 11.8 Å². The van der Waals surface area contributed by atoms with Crippen LogP contribution in [0.4, 0.5) is 0 Å². The molecule has 0 aromatic heterocycles. The van der Waals surface area contributed by atoms with Crippen molar-refractivity contribution in [1.29, 1.82) is 0 Å². The lowest BCUT2D eigenvalue weighted by atomic mass is 10.5. The van der Waals surface area contributed by atoms with Crippen LogP contribution in [0.3, 0.4) is 0 Å². The van der Waals surface area contributed by atoms with E-state index in [1.807, 2.05) is 5.41 Å². The molecule has 0 bridgehead atoms. The highest BCUT2D eigenvalue weighted by Gasteiger charge is 2.30. The van der Waals surface area contributed by atoms with E-state index >= 15 is 0 Å². The lowest BCUT2D eigenvalue weighted by molar-refractivity contribution is 0.147. The van der Waals surface area contributed by atoms with Gasteiger partial charge in [0.15, 0.2) is 0 Å². The maximum absolute atomic E-state index is 12.0. The van der Waals surface area contributed by atoms with Crippen LogP contribution < -0.4 is 5.32 Å². The molecule has 1 unspecified atom stereocenters. The number of hydrogen-bond donors (Lipinski definition) is 1. The van der Waals surface area contributed by atoms with Crippen LogP contribution in [0.25, 0.3) is 0 Å². The zero-order chi connectivity index (χ0) is 10.0. The van der Waals surface area contributed by atoms with E-state index in [4.69, 9.17) is 9.05 Å². The number of allylic oxidation sites excluding steroid dienone is 1. The van der Waals surface area contributed by atoms with Gasteiger partial charge in [-0.05, 0) is 18.8 Å². The molecule has 2 rings (SSSR count). The van der Waals surface area contributed by atoms with Crippen LogP contribution in [0.5, 0.6) is 0 Å². The summed E-state index contributed by atoms with van der Waals surface area (Å²) in [5.74, 6) is 0. The highest BCUT2D eigenvalue weighted by molar-refractivity contribution is 8.02. The Hall–Kier alpha value is 0.0400. The van der Waals surface area contributed by atoms with Crippen molar-refractivity contribution in [3.05, 3.63) is 11.1 Å². The van der Waals surface area contributed by atoms with Crippen molar-refractivity contribution >= 4 is 19.4 Å². The molecule has 1 N–H and O–H groups in total.